The van der Waals surface area contributed by atoms with E-state index in [0.29, 0.717) is 18.0 Å². The largest absolute Gasteiger partial charge is 0.503 e. The Morgan fingerprint density at radius 3 is 2.67 bits per heavy atom. The zero-order chi connectivity index (χ0) is 15.4. The molecule has 2 heterocycles. The number of hydrogen-bond donors (Lipinski definition) is 2. The Balaban J connectivity index is 2.15. The van der Waals surface area contributed by atoms with Crippen LogP contribution < -0.4 is 0 Å². The number of aromatic nitrogens is 3. The van der Waals surface area contributed by atoms with Crippen molar-refractivity contribution in [1.82, 2.24) is 14.1 Å². The number of nitrogens with zero attached hydrogens (tertiary/aromatic N) is 3. The van der Waals surface area contributed by atoms with Gasteiger partial charge < -0.3 is 19.3 Å². The summed E-state index contributed by atoms with van der Waals surface area (Å²) in [7, 11) is 0. The van der Waals surface area contributed by atoms with Gasteiger partial charge in [0, 0.05) is 31.0 Å². The second-order valence-corrected chi connectivity index (χ2v) is 5.59. The summed E-state index contributed by atoms with van der Waals surface area (Å²) in [5.74, 6) is 0.338. The van der Waals surface area contributed by atoms with E-state index in [1.54, 1.807) is 17.1 Å². The van der Waals surface area contributed by atoms with Gasteiger partial charge in [0.2, 0.25) is 5.88 Å². The predicted molar refractivity (Wildman–Crippen MR) is 83.2 cm³/mol. The molecule has 0 saturated carbocycles. The highest BCUT2D eigenvalue weighted by atomic mass is 16.3. The third-order valence-corrected chi connectivity index (χ3v) is 3.49. The van der Waals surface area contributed by atoms with Gasteiger partial charge in [-0.1, -0.05) is 19.9 Å². The molecule has 21 heavy (non-hydrogen) atoms. The molecule has 2 N–H and O–H groups in total. The fraction of sp³-hybridized carbons (Fsp3) is 0.438. The maximum absolute atomic E-state index is 10.1. The fourth-order valence-electron chi connectivity index (χ4n) is 2.29. The van der Waals surface area contributed by atoms with Crippen LogP contribution in [0.5, 0.6) is 11.6 Å². The summed E-state index contributed by atoms with van der Waals surface area (Å²) in [5, 5.41) is 20.0. The Bertz CT molecular complexity index is 610. The van der Waals surface area contributed by atoms with Crippen molar-refractivity contribution in [3.8, 4) is 11.6 Å². The second kappa shape index (κ2) is 6.52. The van der Waals surface area contributed by atoms with Crippen LogP contribution in [-0.4, -0.2) is 24.3 Å². The summed E-state index contributed by atoms with van der Waals surface area (Å²) in [5.41, 5.74) is 1.58. The molecule has 2 aromatic rings. The summed E-state index contributed by atoms with van der Waals surface area (Å²) >= 11 is 0. The Morgan fingerprint density at radius 2 is 2.05 bits per heavy atom. The standard InChI is InChI=1S/C16H23N3O2/c1-12(2)5-6-14-13(3)15(20)16(21)19(14)9-4-8-18-10-7-17-11-18/h5-7,10-12,20-21H,4,8-9H2,1-3H3. The van der Waals surface area contributed by atoms with E-state index in [0.717, 1.165) is 18.7 Å². The van der Waals surface area contributed by atoms with Crippen molar-refractivity contribution in [1.29, 1.82) is 0 Å². The molecule has 2 aromatic heterocycles. The van der Waals surface area contributed by atoms with Crippen LogP contribution in [0.4, 0.5) is 0 Å². The lowest BCUT2D eigenvalue weighted by Gasteiger charge is -2.09. The van der Waals surface area contributed by atoms with Gasteiger partial charge in [0.15, 0.2) is 5.75 Å². The van der Waals surface area contributed by atoms with Crippen molar-refractivity contribution in [2.24, 2.45) is 5.92 Å². The Morgan fingerprint density at radius 1 is 1.29 bits per heavy atom. The summed E-state index contributed by atoms with van der Waals surface area (Å²) < 4.78 is 3.76. The molecule has 0 spiro atoms. The third-order valence-electron chi connectivity index (χ3n) is 3.49. The first-order chi connectivity index (χ1) is 10.0. The number of aromatic hydroxyl groups is 2. The highest BCUT2D eigenvalue weighted by Crippen LogP contribution is 2.35. The quantitative estimate of drug-likeness (QED) is 0.858. The average Bonchev–Trinajstić information content (AvgIpc) is 3.02. The summed E-state index contributed by atoms with van der Waals surface area (Å²) in [6.07, 6.45) is 10.3. The van der Waals surface area contributed by atoms with Crippen molar-refractivity contribution < 1.29 is 10.2 Å². The molecule has 0 fully saturated rings. The molecular formula is C16H23N3O2. The molecule has 0 radical (unpaired) electrons. The van der Waals surface area contributed by atoms with Crippen molar-refractivity contribution >= 4 is 6.08 Å². The van der Waals surface area contributed by atoms with E-state index in [4.69, 9.17) is 0 Å². The summed E-state index contributed by atoms with van der Waals surface area (Å²) in [6, 6.07) is 0. The van der Waals surface area contributed by atoms with Crippen LogP contribution in [0.1, 0.15) is 31.5 Å². The monoisotopic (exact) mass is 289 g/mol. The lowest BCUT2D eigenvalue weighted by molar-refractivity contribution is 0.366. The van der Waals surface area contributed by atoms with E-state index in [1.165, 1.54) is 0 Å². The fourth-order valence-corrected chi connectivity index (χ4v) is 2.29. The molecule has 0 atom stereocenters. The molecule has 0 aliphatic rings. The summed E-state index contributed by atoms with van der Waals surface area (Å²) in [6.45, 7) is 7.48. The van der Waals surface area contributed by atoms with Crippen LogP contribution in [0.15, 0.2) is 24.8 Å². The SMILES string of the molecule is Cc1c(O)c(O)n(CCCn2ccnc2)c1C=CC(C)C. The first-order valence-electron chi connectivity index (χ1n) is 7.25. The first-order valence-corrected chi connectivity index (χ1v) is 7.25. The third kappa shape index (κ3) is 3.48. The molecule has 0 bridgehead atoms. The second-order valence-electron chi connectivity index (χ2n) is 5.59. The van der Waals surface area contributed by atoms with Crippen molar-refractivity contribution in [3.63, 3.8) is 0 Å². The maximum Gasteiger partial charge on any atom is 0.235 e. The topological polar surface area (TPSA) is 63.2 Å². The average molecular weight is 289 g/mol. The number of hydrogen-bond acceptors (Lipinski definition) is 3. The zero-order valence-electron chi connectivity index (χ0n) is 12.8. The highest BCUT2D eigenvalue weighted by Gasteiger charge is 2.17. The van der Waals surface area contributed by atoms with E-state index in [-0.39, 0.29) is 11.6 Å². The minimum Gasteiger partial charge on any atom is -0.503 e. The molecule has 5 nitrogen and oxygen atoms in total. The van der Waals surface area contributed by atoms with Gasteiger partial charge in [0.1, 0.15) is 0 Å². The lowest BCUT2D eigenvalue weighted by Crippen LogP contribution is -2.04. The van der Waals surface area contributed by atoms with Gasteiger partial charge >= 0.3 is 0 Å². The molecule has 0 aromatic carbocycles. The normalized spacial score (nSPS) is 11.8. The predicted octanol–water partition coefficient (Wildman–Crippen LogP) is 3.16. The van der Waals surface area contributed by atoms with Crippen molar-refractivity contribution in [3.05, 3.63) is 36.1 Å². The van der Waals surface area contributed by atoms with Gasteiger partial charge in [-0.25, -0.2) is 4.98 Å². The minimum absolute atomic E-state index is 0.0268. The summed E-state index contributed by atoms with van der Waals surface area (Å²) in [4.78, 5) is 4.01. The Hall–Kier alpha value is -2.17. The smallest absolute Gasteiger partial charge is 0.235 e. The number of imidazole rings is 1. The number of aryl methyl sites for hydroxylation is 1. The van der Waals surface area contributed by atoms with Crippen LogP contribution in [0.25, 0.3) is 6.08 Å². The first kappa shape index (κ1) is 15.2. The van der Waals surface area contributed by atoms with E-state index >= 15 is 0 Å². The number of allylic oxidation sites excluding steroid dienone is 1. The van der Waals surface area contributed by atoms with E-state index in [2.05, 4.69) is 24.9 Å². The molecule has 5 heteroatoms. The van der Waals surface area contributed by atoms with Crippen molar-refractivity contribution in [2.45, 2.75) is 40.3 Å². The molecular weight excluding hydrogens is 266 g/mol. The molecule has 0 saturated heterocycles. The Labute approximate surface area is 125 Å². The van der Waals surface area contributed by atoms with E-state index < -0.39 is 0 Å². The molecule has 0 unspecified atom stereocenters. The molecule has 0 amide bonds. The van der Waals surface area contributed by atoms with Gasteiger partial charge in [-0.05, 0) is 25.3 Å². The number of rotatable bonds is 6. The molecule has 2 rings (SSSR count). The Kier molecular flexibility index (Phi) is 4.73. The molecule has 114 valence electrons. The van der Waals surface area contributed by atoms with Crippen LogP contribution in [0.3, 0.4) is 0 Å². The minimum atomic E-state index is -0.0541. The van der Waals surface area contributed by atoms with E-state index in [9.17, 15) is 10.2 Å². The van der Waals surface area contributed by atoms with Crippen LogP contribution in [-0.2, 0) is 13.1 Å². The van der Waals surface area contributed by atoms with Gasteiger partial charge in [-0.2, -0.15) is 0 Å². The zero-order valence-corrected chi connectivity index (χ0v) is 12.8. The molecule has 0 aliphatic heterocycles. The van der Waals surface area contributed by atoms with Crippen LogP contribution in [0.2, 0.25) is 0 Å². The van der Waals surface area contributed by atoms with Gasteiger partial charge in [0.25, 0.3) is 0 Å². The van der Waals surface area contributed by atoms with Crippen LogP contribution >= 0.6 is 0 Å². The maximum atomic E-state index is 10.1. The van der Waals surface area contributed by atoms with Gasteiger partial charge in [-0.15, -0.1) is 0 Å². The van der Waals surface area contributed by atoms with Crippen molar-refractivity contribution in [2.75, 3.05) is 0 Å². The van der Waals surface area contributed by atoms with E-state index in [1.807, 2.05) is 23.8 Å². The van der Waals surface area contributed by atoms with Gasteiger partial charge in [-0.3, -0.25) is 0 Å². The molecule has 0 aliphatic carbocycles. The van der Waals surface area contributed by atoms with Gasteiger partial charge in [0.05, 0.1) is 12.0 Å². The highest BCUT2D eigenvalue weighted by molar-refractivity contribution is 5.59. The lowest BCUT2D eigenvalue weighted by atomic mass is 10.1. The van der Waals surface area contributed by atoms with Crippen LogP contribution in [0, 0.1) is 12.8 Å².